The molecule has 0 amide bonds. The average molecular weight is 286 g/mol. The fourth-order valence-electron chi connectivity index (χ4n) is 3.40. The van der Waals surface area contributed by atoms with Gasteiger partial charge in [0.05, 0.1) is 6.61 Å². The molecule has 1 aliphatic carbocycles. The molecule has 1 aliphatic rings. The quantitative estimate of drug-likeness (QED) is 0.661. The second-order valence-corrected chi connectivity index (χ2v) is 6.02. The Morgan fingerprint density at radius 1 is 0.900 bits per heavy atom. The lowest BCUT2D eigenvalue weighted by Crippen LogP contribution is -2.55. The maximum atomic E-state index is 6.22. The Kier molecular flexibility index (Phi) is 9.44. The van der Waals surface area contributed by atoms with Crippen LogP contribution in [0.1, 0.15) is 51.4 Å². The molecule has 0 saturated heterocycles. The normalized spacial score (nSPS) is 19.8. The Balaban J connectivity index is 2.68. The third-order valence-electron chi connectivity index (χ3n) is 4.68. The summed E-state index contributed by atoms with van der Waals surface area (Å²) in [5.74, 6) is 0. The molecule has 1 rings (SSSR count). The van der Waals surface area contributed by atoms with Crippen LogP contribution in [0.3, 0.4) is 0 Å². The van der Waals surface area contributed by atoms with Gasteiger partial charge in [0.2, 0.25) is 0 Å². The summed E-state index contributed by atoms with van der Waals surface area (Å²) >= 11 is 0. The van der Waals surface area contributed by atoms with Gasteiger partial charge < -0.3 is 15.2 Å². The first kappa shape index (κ1) is 17.9. The largest absolute Gasteiger partial charge is 0.385 e. The van der Waals surface area contributed by atoms with Crippen molar-refractivity contribution in [1.82, 2.24) is 4.90 Å². The summed E-state index contributed by atoms with van der Waals surface area (Å²) in [6.45, 7) is 4.42. The Morgan fingerprint density at radius 3 is 2.05 bits per heavy atom. The van der Waals surface area contributed by atoms with Crippen LogP contribution in [0.5, 0.6) is 0 Å². The van der Waals surface area contributed by atoms with E-state index in [1.165, 1.54) is 44.9 Å². The Labute approximate surface area is 125 Å². The minimum absolute atomic E-state index is 0.187. The van der Waals surface area contributed by atoms with Gasteiger partial charge in [0.1, 0.15) is 0 Å². The third-order valence-corrected chi connectivity index (χ3v) is 4.68. The van der Waals surface area contributed by atoms with Crippen molar-refractivity contribution in [2.45, 2.75) is 56.9 Å². The van der Waals surface area contributed by atoms with E-state index in [-0.39, 0.29) is 5.54 Å². The molecule has 4 heteroatoms. The van der Waals surface area contributed by atoms with Crippen molar-refractivity contribution in [1.29, 1.82) is 0 Å². The molecule has 0 aliphatic heterocycles. The van der Waals surface area contributed by atoms with Crippen LogP contribution >= 0.6 is 0 Å². The monoisotopic (exact) mass is 286 g/mol. The molecule has 0 atom stereocenters. The predicted octanol–water partition coefficient (Wildman–Crippen LogP) is 2.41. The van der Waals surface area contributed by atoms with Crippen LogP contribution in [0.4, 0.5) is 0 Å². The molecular formula is C16H34N2O2. The predicted molar refractivity (Wildman–Crippen MR) is 84.0 cm³/mol. The summed E-state index contributed by atoms with van der Waals surface area (Å²) in [7, 11) is 3.55. The van der Waals surface area contributed by atoms with E-state index < -0.39 is 0 Å². The molecule has 0 radical (unpaired) electrons. The highest BCUT2D eigenvalue weighted by Crippen LogP contribution is 2.31. The van der Waals surface area contributed by atoms with E-state index in [9.17, 15) is 0 Å². The summed E-state index contributed by atoms with van der Waals surface area (Å²) in [4.78, 5) is 2.58. The standard InChI is InChI=1S/C16H34N2O2/c1-19-13-8-11-18(12-14-20-2)16(15-17)9-6-4-3-5-7-10-16/h3-15,17H2,1-2H3. The molecular weight excluding hydrogens is 252 g/mol. The zero-order valence-corrected chi connectivity index (χ0v) is 13.5. The molecule has 120 valence electrons. The molecule has 0 heterocycles. The van der Waals surface area contributed by atoms with Gasteiger partial charge in [-0.2, -0.15) is 0 Å². The highest BCUT2D eigenvalue weighted by Gasteiger charge is 2.34. The van der Waals surface area contributed by atoms with Gasteiger partial charge >= 0.3 is 0 Å². The van der Waals surface area contributed by atoms with Gasteiger partial charge in [0.15, 0.2) is 0 Å². The number of hydrogen-bond acceptors (Lipinski definition) is 4. The Bertz CT molecular complexity index is 229. The first-order valence-corrected chi connectivity index (χ1v) is 8.22. The van der Waals surface area contributed by atoms with Crippen LogP contribution in [0.25, 0.3) is 0 Å². The van der Waals surface area contributed by atoms with Crippen LogP contribution in [-0.2, 0) is 9.47 Å². The summed E-state index contributed by atoms with van der Waals surface area (Å²) < 4.78 is 10.5. The molecule has 0 aromatic carbocycles. The lowest BCUT2D eigenvalue weighted by molar-refractivity contribution is 0.0339. The Morgan fingerprint density at radius 2 is 1.50 bits per heavy atom. The second kappa shape index (κ2) is 10.6. The van der Waals surface area contributed by atoms with Crippen molar-refractivity contribution in [2.24, 2.45) is 5.73 Å². The maximum Gasteiger partial charge on any atom is 0.0589 e. The minimum atomic E-state index is 0.187. The van der Waals surface area contributed by atoms with Gasteiger partial charge in [-0.15, -0.1) is 0 Å². The summed E-state index contributed by atoms with van der Waals surface area (Å²) in [5, 5.41) is 0. The zero-order chi connectivity index (χ0) is 14.7. The van der Waals surface area contributed by atoms with Crippen molar-refractivity contribution in [3.8, 4) is 0 Å². The molecule has 0 unspecified atom stereocenters. The molecule has 0 spiro atoms. The van der Waals surface area contributed by atoms with Crippen LogP contribution in [-0.4, -0.2) is 57.5 Å². The van der Waals surface area contributed by atoms with Gasteiger partial charge in [0, 0.05) is 46.0 Å². The van der Waals surface area contributed by atoms with Crippen molar-refractivity contribution in [3.63, 3.8) is 0 Å². The number of hydrogen-bond donors (Lipinski definition) is 1. The van der Waals surface area contributed by atoms with E-state index in [1.807, 2.05) is 0 Å². The van der Waals surface area contributed by atoms with Gasteiger partial charge in [0.25, 0.3) is 0 Å². The number of nitrogens with two attached hydrogens (primary N) is 1. The fourth-order valence-corrected chi connectivity index (χ4v) is 3.40. The molecule has 0 aromatic heterocycles. The number of nitrogens with zero attached hydrogens (tertiary/aromatic N) is 1. The van der Waals surface area contributed by atoms with Crippen LogP contribution in [0.2, 0.25) is 0 Å². The van der Waals surface area contributed by atoms with Crippen LogP contribution in [0.15, 0.2) is 0 Å². The zero-order valence-electron chi connectivity index (χ0n) is 13.5. The summed E-state index contributed by atoms with van der Waals surface area (Å²) in [6.07, 6.45) is 10.3. The highest BCUT2D eigenvalue weighted by atomic mass is 16.5. The first-order chi connectivity index (χ1) is 9.79. The van der Waals surface area contributed by atoms with Crippen LogP contribution < -0.4 is 5.73 Å². The molecule has 1 fully saturated rings. The highest BCUT2D eigenvalue weighted by molar-refractivity contribution is 4.92. The molecule has 4 nitrogen and oxygen atoms in total. The van der Waals surface area contributed by atoms with Gasteiger partial charge in [-0.05, 0) is 19.3 Å². The first-order valence-electron chi connectivity index (χ1n) is 8.22. The molecule has 0 aromatic rings. The average Bonchev–Trinajstić information content (AvgIpc) is 2.44. The van der Waals surface area contributed by atoms with E-state index in [0.717, 1.165) is 39.3 Å². The smallest absolute Gasteiger partial charge is 0.0589 e. The van der Waals surface area contributed by atoms with Gasteiger partial charge in [-0.25, -0.2) is 0 Å². The molecule has 0 bridgehead atoms. The maximum absolute atomic E-state index is 6.22. The Hall–Kier alpha value is -0.160. The van der Waals surface area contributed by atoms with Crippen LogP contribution in [0, 0.1) is 0 Å². The summed E-state index contributed by atoms with van der Waals surface area (Å²) in [6, 6.07) is 0. The number of methoxy groups -OCH3 is 2. The molecule has 1 saturated carbocycles. The van der Waals surface area contributed by atoms with Crippen molar-refractivity contribution >= 4 is 0 Å². The van der Waals surface area contributed by atoms with E-state index in [1.54, 1.807) is 14.2 Å². The lowest BCUT2D eigenvalue weighted by atomic mass is 9.82. The third kappa shape index (κ3) is 5.68. The van der Waals surface area contributed by atoms with E-state index in [4.69, 9.17) is 15.2 Å². The molecule has 2 N–H and O–H groups in total. The fraction of sp³-hybridized carbons (Fsp3) is 1.00. The number of ether oxygens (including phenoxy) is 2. The van der Waals surface area contributed by atoms with Crippen molar-refractivity contribution < 1.29 is 9.47 Å². The number of rotatable bonds is 9. The second-order valence-electron chi connectivity index (χ2n) is 6.02. The topological polar surface area (TPSA) is 47.7 Å². The van der Waals surface area contributed by atoms with Gasteiger partial charge in [-0.1, -0.05) is 32.1 Å². The van der Waals surface area contributed by atoms with Crippen molar-refractivity contribution in [2.75, 3.05) is 47.1 Å². The van der Waals surface area contributed by atoms with E-state index in [2.05, 4.69) is 4.90 Å². The lowest BCUT2D eigenvalue weighted by Gasteiger charge is -2.45. The van der Waals surface area contributed by atoms with E-state index in [0.29, 0.717) is 0 Å². The summed E-state index contributed by atoms with van der Waals surface area (Å²) in [5.41, 5.74) is 6.41. The van der Waals surface area contributed by atoms with E-state index >= 15 is 0 Å². The molecule has 20 heavy (non-hydrogen) atoms. The van der Waals surface area contributed by atoms with Gasteiger partial charge in [-0.3, -0.25) is 4.90 Å². The SMILES string of the molecule is COCCCN(CCOC)C1(CN)CCCCCCC1. The van der Waals surface area contributed by atoms with Crippen molar-refractivity contribution in [3.05, 3.63) is 0 Å². The minimum Gasteiger partial charge on any atom is -0.385 e.